The minimum absolute atomic E-state index is 0. The molecule has 0 atom stereocenters. The maximum absolute atomic E-state index is 3.60. The summed E-state index contributed by atoms with van der Waals surface area (Å²) in [7, 11) is -2.94. The number of hydrogen-bond donors (Lipinski definition) is 0. The smallest absolute Gasteiger partial charge is 0.343 e. The van der Waals surface area contributed by atoms with E-state index in [0.29, 0.717) is 0 Å². The van der Waals surface area contributed by atoms with E-state index in [1.807, 2.05) is 0 Å². The second-order valence-electron chi connectivity index (χ2n) is 13.9. The molecular weight excluding hydrogens is 701 g/mol. The number of benzene rings is 6. The van der Waals surface area contributed by atoms with Gasteiger partial charge in [0.1, 0.15) is 0 Å². The normalized spacial score (nSPS) is 10.9. The number of hydrogen-bond acceptors (Lipinski definition) is 0. The molecular formula is C52H52SiTi. The van der Waals surface area contributed by atoms with Gasteiger partial charge in [0, 0.05) is 0 Å². The van der Waals surface area contributed by atoms with E-state index in [0.717, 1.165) is 12.8 Å². The van der Waals surface area contributed by atoms with Crippen molar-refractivity contribution in [3.05, 3.63) is 195 Å². The summed E-state index contributed by atoms with van der Waals surface area (Å²) in [5.41, 5.74) is 7.84. The predicted octanol–water partition coefficient (Wildman–Crippen LogP) is 12.0. The Bertz CT molecular complexity index is 2160. The van der Waals surface area contributed by atoms with Crippen LogP contribution < -0.4 is 20.7 Å². The van der Waals surface area contributed by atoms with E-state index in [9.17, 15) is 0 Å². The number of aryl methyl sites for hydroxylation is 2. The first-order valence-electron chi connectivity index (χ1n) is 19.2. The molecule has 8 rings (SSSR count). The molecule has 0 bridgehead atoms. The molecule has 8 aromatic rings. The SMILES string of the molecule is Cc1[cH-]c2cccc(-c3ccccc3)c2c1[Si](c1ccccc1)(c1ccccc1)c1c(C)[cH-]c2cccc(-c3ccccc3)c12.[CH2-]CCC.[CH2-]CCC.[Ti+4]. The van der Waals surface area contributed by atoms with Gasteiger partial charge in [-0.15, -0.1) is 79.4 Å². The summed E-state index contributed by atoms with van der Waals surface area (Å²) in [6.45, 7) is 16.1. The van der Waals surface area contributed by atoms with Gasteiger partial charge in [0.2, 0.25) is 0 Å². The molecule has 0 nitrogen and oxygen atoms in total. The summed E-state index contributed by atoms with van der Waals surface area (Å²) in [6.07, 6.45) is 4.56. The van der Waals surface area contributed by atoms with Crippen LogP contribution in [0, 0.1) is 27.7 Å². The third-order valence-corrected chi connectivity index (χ3v) is 15.5. The topological polar surface area (TPSA) is 0 Å². The molecule has 0 aliphatic carbocycles. The minimum Gasteiger partial charge on any atom is -0.343 e. The van der Waals surface area contributed by atoms with E-state index in [1.54, 1.807) is 0 Å². The van der Waals surface area contributed by atoms with E-state index in [-0.39, 0.29) is 21.7 Å². The Balaban J connectivity index is 0.000000570. The fraction of sp³-hybridized carbons (Fsp3) is 0.154. The summed E-state index contributed by atoms with van der Waals surface area (Å²) in [6, 6.07) is 63.3. The summed E-state index contributed by atoms with van der Waals surface area (Å²) >= 11 is 0. The van der Waals surface area contributed by atoms with Crippen LogP contribution in [0.15, 0.2) is 170 Å². The van der Waals surface area contributed by atoms with Gasteiger partial charge in [-0.05, 0) is 11.1 Å². The molecule has 0 saturated carbocycles. The van der Waals surface area contributed by atoms with Crippen molar-refractivity contribution in [3.8, 4) is 22.3 Å². The van der Waals surface area contributed by atoms with Gasteiger partial charge in [-0.1, -0.05) is 195 Å². The molecule has 0 amide bonds. The van der Waals surface area contributed by atoms with Crippen LogP contribution in [0.25, 0.3) is 43.8 Å². The number of fused-ring (bicyclic) bond motifs is 2. The minimum atomic E-state index is -2.94. The van der Waals surface area contributed by atoms with E-state index in [4.69, 9.17) is 0 Å². The quantitative estimate of drug-likeness (QED) is 0.107. The van der Waals surface area contributed by atoms with Crippen LogP contribution in [0.3, 0.4) is 0 Å². The second kappa shape index (κ2) is 19.2. The zero-order valence-electron chi connectivity index (χ0n) is 32.4. The maximum Gasteiger partial charge on any atom is 4.00 e. The van der Waals surface area contributed by atoms with Crippen molar-refractivity contribution >= 4 is 50.4 Å². The Kier molecular flexibility index (Phi) is 14.4. The van der Waals surface area contributed by atoms with Crippen molar-refractivity contribution in [2.45, 2.75) is 53.4 Å². The molecule has 0 unspecified atom stereocenters. The molecule has 0 aromatic heterocycles. The Morgan fingerprint density at radius 1 is 0.444 bits per heavy atom. The summed E-state index contributed by atoms with van der Waals surface area (Å²) in [5.74, 6) is 0. The molecule has 0 fully saturated rings. The van der Waals surface area contributed by atoms with Gasteiger partial charge >= 0.3 is 21.7 Å². The molecule has 54 heavy (non-hydrogen) atoms. The van der Waals surface area contributed by atoms with Crippen LogP contribution in [0.4, 0.5) is 0 Å². The predicted molar refractivity (Wildman–Crippen MR) is 237 cm³/mol. The molecule has 0 spiro atoms. The van der Waals surface area contributed by atoms with E-state index in [1.165, 1.54) is 88.5 Å². The monoisotopic (exact) mass is 752 g/mol. The van der Waals surface area contributed by atoms with Crippen molar-refractivity contribution in [1.82, 2.24) is 0 Å². The molecule has 0 radical (unpaired) electrons. The van der Waals surface area contributed by atoms with E-state index in [2.05, 4.69) is 211 Å². The molecule has 0 saturated heterocycles. The summed E-state index contributed by atoms with van der Waals surface area (Å²) < 4.78 is 0. The van der Waals surface area contributed by atoms with Gasteiger partial charge < -0.3 is 13.8 Å². The fourth-order valence-corrected chi connectivity index (χ4v) is 13.6. The number of unbranched alkanes of at least 4 members (excludes halogenated alkanes) is 2. The molecule has 0 heterocycles. The van der Waals surface area contributed by atoms with Gasteiger partial charge in [0.05, 0.1) is 8.07 Å². The molecule has 2 heteroatoms. The fourth-order valence-electron chi connectivity index (χ4n) is 7.87. The van der Waals surface area contributed by atoms with Crippen LogP contribution in [0.1, 0.15) is 50.7 Å². The van der Waals surface area contributed by atoms with Gasteiger partial charge in [0.15, 0.2) is 0 Å². The standard InChI is InChI=1S/C44H34Si.2C4H9.Ti/c1-31-29-35-21-15-27-39(33-17-7-3-8-18-33)41(35)43(31)45(37-23-11-5-12-24-37,38-25-13-6-14-26-38)44-32(2)30-36-22-16-28-40(42(36)44)34-19-9-4-10-20-34;2*1-3-4-2;/h3-30H,1-2H3;2*1,3-4H2,2H3;/q-2;2*-1;+4. The van der Waals surface area contributed by atoms with Gasteiger partial charge in [-0.25, -0.2) is 0 Å². The van der Waals surface area contributed by atoms with Crippen molar-refractivity contribution in [2.24, 2.45) is 0 Å². The zero-order valence-corrected chi connectivity index (χ0v) is 35.0. The van der Waals surface area contributed by atoms with Crippen molar-refractivity contribution in [3.63, 3.8) is 0 Å². The Labute approximate surface area is 340 Å². The number of rotatable bonds is 8. The van der Waals surface area contributed by atoms with E-state index < -0.39 is 8.07 Å². The Morgan fingerprint density at radius 2 is 0.759 bits per heavy atom. The molecule has 8 aromatic carbocycles. The Morgan fingerprint density at radius 3 is 1.07 bits per heavy atom. The van der Waals surface area contributed by atoms with Crippen LogP contribution in [0.2, 0.25) is 0 Å². The average molecular weight is 753 g/mol. The third-order valence-electron chi connectivity index (χ3n) is 10.3. The molecule has 268 valence electrons. The van der Waals surface area contributed by atoms with Crippen LogP contribution >= 0.6 is 0 Å². The van der Waals surface area contributed by atoms with Gasteiger partial charge in [-0.3, -0.25) is 0 Å². The third kappa shape index (κ3) is 7.96. The van der Waals surface area contributed by atoms with E-state index >= 15 is 0 Å². The summed E-state index contributed by atoms with van der Waals surface area (Å²) in [5, 5.41) is 11.2. The Hall–Kier alpha value is -4.53. The largest absolute Gasteiger partial charge is 4.00 e. The van der Waals surface area contributed by atoms with Crippen molar-refractivity contribution in [1.29, 1.82) is 0 Å². The summed E-state index contributed by atoms with van der Waals surface area (Å²) in [4.78, 5) is 0. The zero-order chi connectivity index (χ0) is 37.2. The van der Waals surface area contributed by atoms with Gasteiger partial charge in [0.25, 0.3) is 0 Å². The first kappa shape index (κ1) is 40.7. The van der Waals surface area contributed by atoms with Gasteiger partial charge in [-0.2, -0.15) is 12.8 Å². The average Bonchev–Trinajstić information content (AvgIpc) is 3.75. The van der Waals surface area contributed by atoms with Crippen LogP contribution in [0.5, 0.6) is 0 Å². The molecule has 0 N–H and O–H groups in total. The first-order chi connectivity index (χ1) is 26.0. The first-order valence-corrected chi connectivity index (χ1v) is 21.2. The van der Waals surface area contributed by atoms with Crippen molar-refractivity contribution in [2.75, 3.05) is 0 Å². The maximum atomic E-state index is 3.60. The van der Waals surface area contributed by atoms with Crippen LogP contribution in [-0.2, 0) is 21.7 Å². The molecule has 0 aliphatic heterocycles. The van der Waals surface area contributed by atoms with Crippen LogP contribution in [-0.4, -0.2) is 8.07 Å². The van der Waals surface area contributed by atoms with Crippen molar-refractivity contribution < 1.29 is 21.7 Å². The second-order valence-corrected chi connectivity index (χ2v) is 17.5. The molecule has 0 aliphatic rings.